The molecule has 0 fully saturated rings. The molecule has 2 atom stereocenters. The summed E-state index contributed by atoms with van der Waals surface area (Å²) in [4.78, 5) is 6.39. The molecule has 0 radical (unpaired) electrons. The van der Waals surface area contributed by atoms with Gasteiger partial charge in [0, 0.05) is 18.2 Å². The zero-order valence-electron chi connectivity index (χ0n) is 12.6. The van der Waals surface area contributed by atoms with E-state index in [1.807, 2.05) is 12.1 Å². The van der Waals surface area contributed by atoms with Gasteiger partial charge in [0.1, 0.15) is 5.82 Å². The van der Waals surface area contributed by atoms with Gasteiger partial charge in [0.25, 0.3) is 0 Å². The van der Waals surface area contributed by atoms with E-state index in [1.165, 1.54) is 0 Å². The molecule has 0 saturated heterocycles. The lowest BCUT2D eigenvalue weighted by Gasteiger charge is -2.43. The Labute approximate surface area is 116 Å². The van der Waals surface area contributed by atoms with Gasteiger partial charge < -0.3 is 10.8 Å². The molecule has 1 aromatic rings. The smallest absolute Gasteiger partial charge is 0.126 e. The van der Waals surface area contributed by atoms with Gasteiger partial charge in [-0.15, -0.1) is 0 Å². The SMILES string of the molecule is CCN(CC)C(C)(CC)C(O)Cc1cccnc1N. The quantitative estimate of drug-likeness (QED) is 0.792. The molecule has 0 aliphatic carbocycles. The number of aromatic nitrogens is 1. The van der Waals surface area contributed by atoms with E-state index in [4.69, 9.17) is 5.73 Å². The second kappa shape index (κ2) is 6.87. The van der Waals surface area contributed by atoms with Crippen LogP contribution in [0.15, 0.2) is 18.3 Å². The Morgan fingerprint density at radius 1 is 1.37 bits per heavy atom. The van der Waals surface area contributed by atoms with Crippen molar-refractivity contribution in [3.8, 4) is 0 Å². The molecule has 0 aliphatic rings. The molecule has 0 spiro atoms. The van der Waals surface area contributed by atoms with Gasteiger partial charge in [-0.3, -0.25) is 4.90 Å². The Hall–Kier alpha value is -1.13. The van der Waals surface area contributed by atoms with Gasteiger partial charge in [-0.25, -0.2) is 4.98 Å². The first-order valence-electron chi connectivity index (χ1n) is 7.12. The molecular weight excluding hydrogens is 238 g/mol. The van der Waals surface area contributed by atoms with E-state index in [2.05, 4.69) is 37.6 Å². The highest BCUT2D eigenvalue weighted by molar-refractivity contribution is 5.39. The lowest BCUT2D eigenvalue weighted by Crippen LogP contribution is -2.54. The number of anilines is 1. The molecule has 19 heavy (non-hydrogen) atoms. The summed E-state index contributed by atoms with van der Waals surface area (Å²) in [5.74, 6) is 0.513. The standard InChI is InChI=1S/C15H27N3O/c1-5-15(4,18(6-2)7-3)13(19)11-12-9-8-10-17-14(12)16/h8-10,13,19H,5-7,11H2,1-4H3,(H2,16,17). The molecule has 0 saturated carbocycles. The van der Waals surface area contributed by atoms with Crippen molar-refractivity contribution in [3.05, 3.63) is 23.9 Å². The van der Waals surface area contributed by atoms with Crippen molar-refractivity contribution in [3.63, 3.8) is 0 Å². The number of nitrogen functional groups attached to an aromatic ring is 1. The highest BCUT2D eigenvalue weighted by atomic mass is 16.3. The van der Waals surface area contributed by atoms with Crippen molar-refractivity contribution < 1.29 is 5.11 Å². The van der Waals surface area contributed by atoms with Crippen molar-refractivity contribution in [1.82, 2.24) is 9.88 Å². The summed E-state index contributed by atoms with van der Waals surface area (Å²) in [5, 5.41) is 10.7. The van der Waals surface area contributed by atoms with Gasteiger partial charge in [-0.2, -0.15) is 0 Å². The minimum absolute atomic E-state index is 0.230. The fourth-order valence-electron chi connectivity index (χ4n) is 2.67. The van der Waals surface area contributed by atoms with Crippen molar-refractivity contribution in [1.29, 1.82) is 0 Å². The van der Waals surface area contributed by atoms with Gasteiger partial charge in [0.15, 0.2) is 0 Å². The van der Waals surface area contributed by atoms with Crippen LogP contribution in [-0.4, -0.2) is 39.7 Å². The monoisotopic (exact) mass is 265 g/mol. The van der Waals surface area contributed by atoms with Gasteiger partial charge in [-0.1, -0.05) is 26.8 Å². The van der Waals surface area contributed by atoms with Crippen LogP contribution in [0.4, 0.5) is 5.82 Å². The summed E-state index contributed by atoms with van der Waals surface area (Å²) in [6.45, 7) is 10.4. The number of hydrogen-bond donors (Lipinski definition) is 2. The second-order valence-corrected chi connectivity index (χ2v) is 5.15. The summed E-state index contributed by atoms with van der Waals surface area (Å²) in [5.41, 5.74) is 6.55. The fraction of sp³-hybridized carbons (Fsp3) is 0.667. The van der Waals surface area contributed by atoms with E-state index in [-0.39, 0.29) is 5.54 Å². The van der Waals surface area contributed by atoms with Gasteiger partial charge >= 0.3 is 0 Å². The zero-order valence-corrected chi connectivity index (χ0v) is 12.6. The number of nitrogens with two attached hydrogens (primary N) is 1. The molecule has 0 bridgehead atoms. The largest absolute Gasteiger partial charge is 0.391 e. The molecule has 108 valence electrons. The van der Waals surface area contributed by atoms with E-state index in [0.717, 1.165) is 25.1 Å². The number of aliphatic hydroxyl groups is 1. The molecule has 3 N–H and O–H groups in total. The highest BCUT2D eigenvalue weighted by Gasteiger charge is 2.36. The summed E-state index contributed by atoms with van der Waals surface area (Å²) in [6.07, 6.45) is 2.66. The van der Waals surface area contributed by atoms with Crippen molar-refractivity contribution in [2.45, 2.75) is 52.2 Å². The zero-order chi connectivity index (χ0) is 14.5. The Kier molecular flexibility index (Phi) is 5.76. The van der Waals surface area contributed by atoms with Crippen LogP contribution >= 0.6 is 0 Å². The minimum atomic E-state index is -0.455. The van der Waals surface area contributed by atoms with Crippen LogP contribution in [0.3, 0.4) is 0 Å². The van der Waals surface area contributed by atoms with Crippen molar-refractivity contribution >= 4 is 5.82 Å². The molecule has 4 heteroatoms. The normalized spacial score (nSPS) is 16.3. The number of rotatable bonds is 7. The molecule has 2 unspecified atom stereocenters. The third-order valence-corrected chi connectivity index (χ3v) is 4.26. The van der Waals surface area contributed by atoms with Crippen LogP contribution in [0.5, 0.6) is 0 Å². The maximum Gasteiger partial charge on any atom is 0.126 e. The predicted octanol–water partition coefficient (Wildman–Crippen LogP) is 2.08. The third kappa shape index (κ3) is 3.45. The number of pyridine rings is 1. The minimum Gasteiger partial charge on any atom is -0.391 e. The van der Waals surface area contributed by atoms with Crippen LogP contribution in [0.1, 0.15) is 39.7 Å². The fourth-order valence-corrected chi connectivity index (χ4v) is 2.67. The first kappa shape index (κ1) is 15.9. The average molecular weight is 265 g/mol. The molecule has 4 nitrogen and oxygen atoms in total. The van der Waals surface area contributed by atoms with E-state index in [1.54, 1.807) is 6.20 Å². The van der Waals surface area contributed by atoms with Crippen LogP contribution in [0.25, 0.3) is 0 Å². The van der Waals surface area contributed by atoms with Gasteiger partial charge in [0.2, 0.25) is 0 Å². The predicted molar refractivity (Wildman–Crippen MR) is 80.0 cm³/mol. The number of likely N-dealkylation sites (N-methyl/N-ethyl adjacent to an activating group) is 1. The number of hydrogen-bond acceptors (Lipinski definition) is 4. The molecule has 1 rings (SSSR count). The summed E-state index contributed by atoms with van der Waals surface area (Å²) in [6, 6.07) is 3.79. The van der Waals surface area contributed by atoms with E-state index in [9.17, 15) is 5.11 Å². The maximum absolute atomic E-state index is 10.7. The molecule has 0 amide bonds. The first-order valence-corrected chi connectivity index (χ1v) is 7.12. The highest BCUT2D eigenvalue weighted by Crippen LogP contribution is 2.26. The summed E-state index contributed by atoms with van der Waals surface area (Å²) >= 11 is 0. The van der Waals surface area contributed by atoms with E-state index in [0.29, 0.717) is 12.2 Å². The lowest BCUT2D eigenvalue weighted by molar-refractivity contribution is -0.0189. The Bertz CT molecular complexity index is 393. The Balaban J connectivity index is 2.90. The summed E-state index contributed by atoms with van der Waals surface area (Å²) in [7, 11) is 0. The van der Waals surface area contributed by atoms with Crippen LogP contribution < -0.4 is 5.73 Å². The lowest BCUT2D eigenvalue weighted by atomic mass is 9.85. The van der Waals surface area contributed by atoms with Crippen molar-refractivity contribution in [2.75, 3.05) is 18.8 Å². The third-order valence-electron chi connectivity index (χ3n) is 4.26. The van der Waals surface area contributed by atoms with Crippen LogP contribution in [-0.2, 0) is 6.42 Å². The molecular formula is C15H27N3O. The average Bonchev–Trinajstić information content (AvgIpc) is 2.42. The van der Waals surface area contributed by atoms with E-state index >= 15 is 0 Å². The topological polar surface area (TPSA) is 62.4 Å². The van der Waals surface area contributed by atoms with Crippen molar-refractivity contribution in [2.24, 2.45) is 0 Å². The second-order valence-electron chi connectivity index (χ2n) is 5.15. The van der Waals surface area contributed by atoms with Gasteiger partial charge in [-0.05, 0) is 38.1 Å². The molecule has 1 heterocycles. The van der Waals surface area contributed by atoms with Crippen LogP contribution in [0.2, 0.25) is 0 Å². The van der Waals surface area contributed by atoms with E-state index < -0.39 is 6.10 Å². The van der Waals surface area contributed by atoms with Gasteiger partial charge in [0.05, 0.1) is 6.10 Å². The maximum atomic E-state index is 10.7. The molecule has 0 aromatic carbocycles. The first-order chi connectivity index (χ1) is 8.99. The Morgan fingerprint density at radius 3 is 2.47 bits per heavy atom. The molecule has 1 aromatic heterocycles. The van der Waals surface area contributed by atoms with Crippen LogP contribution in [0, 0.1) is 0 Å². The number of aliphatic hydroxyl groups excluding tert-OH is 1. The Morgan fingerprint density at radius 2 is 2.00 bits per heavy atom. The molecule has 0 aliphatic heterocycles. The summed E-state index contributed by atoms with van der Waals surface area (Å²) < 4.78 is 0. The number of nitrogens with zero attached hydrogens (tertiary/aromatic N) is 2.